The van der Waals surface area contributed by atoms with Crippen LogP contribution in [0, 0.1) is 0 Å². The van der Waals surface area contributed by atoms with Crippen molar-refractivity contribution in [3.63, 3.8) is 0 Å². The molecule has 0 aromatic carbocycles. The van der Waals surface area contributed by atoms with Gasteiger partial charge in [-0.15, -0.1) is 11.3 Å². The van der Waals surface area contributed by atoms with E-state index in [1.807, 2.05) is 22.4 Å². The maximum Gasteiger partial charge on any atom is 0.228 e. The third-order valence-corrected chi connectivity index (χ3v) is 4.26. The highest BCUT2D eigenvalue weighted by Gasteiger charge is 2.26. The van der Waals surface area contributed by atoms with Crippen molar-refractivity contribution < 1.29 is 9.53 Å². The van der Waals surface area contributed by atoms with Gasteiger partial charge in [0.05, 0.1) is 25.7 Å². The van der Waals surface area contributed by atoms with Gasteiger partial charge in [0, 0.05) is 16.8 Å². The fourth-order valence-electron chi connectivity index (χ4n) is 1.77. The standard InChI is InChI=1S/C11H14BrNO2S/c12-7-9-8-15-4-3-13(9)11(14)6-10-2-1-5-16-10/h1-2,5,9H,3-4,6-8H2. The van der Waals surface area contributed by atoms with E-state index in [1.54, 1.807) is 11.3 Å². The molecule has 1 unspecified atom stereocenters. The first-order valence-electron chi connectivity index (χ1n) is 5.27. The summed E-state index contributed by atoms with van der Waals surface area (Å²) in [6.45, 7) is 2.00. The molecule has 1 saturated heterocycles. The number of carbonyl (C=O) groups is 1. The number of thiophene rings is 1. The molecule has 0 spiro atoms. The van der Waals surface area contributed by atoms with Gasteiger partial charge in [-0.1, -0.05) is 22.0 Å². The number of halogens is 1. The second kappa shape index (κ2) is 5.80. The zero-order chi connectivity index (χ0) is 11.4. The van der Waals surface area contributed by atoms with E-state index in [0.717, 1.165) is 10.2 Å². The van der Waals surface area contributed by atoms with Crippen LogP contribution >= 0.6 is 27.3 Å². The molecule has 1 fully saturated rings. The smallest absolute Gasteiger partial charge is 0.228 e. The Kier molecular flexibility index (Phi) is 4.37. The van der Waals surface area contributed by atoms with E-state index < -0.39 is 0 Å². The number of amides is 1. The molecule has 0 aliphatic carbocycles. The van der Waals surface area contributed by atoms with Crippen molar-refractivity contribution in [2.75, 3.05) is 25.1 Å². The molecule has 2 rings (SSSR count). The number of rotatable bonds is 3. The summed E-state index contributed by atoms with van der Waals surface area (Å²) in [5, 5.41) is 2.78. The molecular formula is C11H14BrNO2S. The molecule has 1 aliphatic rings. The minimum Gasteiger partial charge on any atom is -0.377 e. The van der Waals surface area contributed by atoms with Crippen molar-refractivity contribution in [3.05, 3.63) is 22.4 Å². The summed E-state index contributed by atoms with van der Waals surface area (Å²) < 4.78 is 5.37. The van der Waals surface area contributed by atoms with Crippen LogP contribution in [0.1, 0.15) is 4.88 Å². The van der Waals surface area contributed by atoms with Gasteiger partial charge in [-0.25, -0.2) is 0 Å². The minimum atomic E-state index is 0.182. The van der Waals surface area contributed by atoms with Crippen LogP contribution in [0.5, 0.6) is 0 Å². The summed E-state index contributed by atoms with van der Waals surface area (Å²) in [6, 6.07) is 4.17. The van der Waals surface area contributed by atoms with Crippen LogP contribution in [0.3, 0.4) is 0 Å². The van der Waals surface area contributed by atoms with Gasteiger partial charge in [0.15, 0.2) is 0 Å². The van der Waals surface area contributed by atoms with Gasteiger partial charge in [-0.2, -0.15) is 0 Å². The SMILES string of the molecule is O=C(Cc1cccs1)N1CCOCC1CBr. The summed E-state index contributed by atoms with van der Waals surface area (Å²) in [7, 11) is 0. The Bertz CT molecular complexity index is 342. The third-order valence-electron chi connectivity index (χ3n) is 2.63. The van der Waals surface area contributed by atoms with E-state index in [-0.39, 0.29) is 11.9 Å². The lowest BCUT2D eigenvalue weighted by atomic mass is 10.2. The second-order valence-electron chi connectivity index (χ2n) is 3.73. The maximum atomic E-state index is 12.1. The third kappa shape index (κ3) is 2.84. The van der Waals surface area contributed by atoms with Crippen molar-refractivity contribution >= 4 is 33.2 Å². The molecule has 0 N–H and O–H groups in total. The Hall–Kier alpha value is -0.390. The molecule has 3 nitrogen and oxygen atoms in total. The molecule has 16 heavy (non-hydrogen) atoms. The van der Waals surface area contributed by atoms with E-state index in [1.165, 1.54) is 0 Å². The number of ether oxygens (including phenoxy) is 1. The average molecular weight is 304 g/mol. The molecule has 0 radical (unpaired) electrons. The summed E-state index contributed by atoms with van der Waals surface area (Å²) in [4.78, 5) is 15.1. The van der Waals surface area contributed by atoms with Gasteiger partial charge in [0.1, 0.15) is 0 Å². The zero-order valence-corrected chi connectivity index (χ0v) is 11.3. The Morgan fingerprint density at radius 1 is 1.69 bits per heavy atom. The van der Waals surface area contributed by atoms with Gasteiger partial charge >= 0.3 is 0 Å². The number of alkyl halides is 1. The first-order valence-corrected chi connectivity index (χ1v) is 7.27. The van der Waals surface area contributed by atoms with Crippen LogP contribution in [-0.2, 0) is 16.0 Å². The van der Waals surface area contributed by atoms with Crippen molar-refractivity contribution in [3.8, 4) is 0 Å². The normalized spacial score (nSPS) is 21.1. The van der Waals surface area contributed by atoms with Gasteiger partial charge < -0.3 is 9.64 Å². The van der Waals surface area contributed by atoms with Crippen molar-refractivity contribution in [2.45, 2.75) is 12.5 Å². The summed E-state index contributed by atoms with van der Waals surface area (Å²) in [6.07, 6.45) is 0.515. The summed E-state index contributed by atoms with van der Waals surface area (Å²) >= 11 is 5.06. The first kappa shape index (κ1) is 12.1. The molecule has 88 valence electrons. The Morgan fingerprint density at radius 3 is 3.25 bits per heavy atom. The Balaban J connectivity index is 1.97. The quantitative estimate of drug-likeness (QED) is 0.799. The van der Waals surface area contributed by atoms with E-state index >= 15 is 0 Å². The Labute approximate surface area is 108 Å². The van der Waals surface area contributed by atoms with E-state index in [4.69, 9.17) is 4.74 Å². The number of hydrogen-bond acceptors (Lipinski definition) is 3. The monoisotopic (exact) mass is 303 g/mol. The lowest BCUT2D eigenvalue weighted by Gasteiger charge is -2.34. The fraction of sp³-hybridized carbons (Fsp3) is 0.545. The lowest BCUT2D eigenvalue weighted by molar-refractivity contribution is -0.138. The number of hydrogen-bond donors (Lipinski definition) is 0. The largest absolute Gasteiger partial charge is 0.377 e. The molecule has 1 amide bonds. The van der Waals surface area contributed by atoms with Crippen LogP contribution in [-0.4, -0.2) is 41.9 Å². The second-order valence-corrected chi connectivity index (χ2v) is 5.41. The van der Waals surface area contributed by atoms with Crippen LogP contribution in [0.2, 0.25) is 0 Å². The predicted octanol–water partition coefficient (Wildman–Crippen LogP) is 1.91. The van der Waals surface area contributed by atoms with Gasteiger partial charge in [0.2, 0.25) is 5.91 Å². The van der Waals surface area contributed by atoms with Gasteiger partial charge in [-0.3, -0.25) is 4.79 Å². The van der Waals surface area contributed by atoms with Crippen LogP contribution in [0.4, 0.5) is 0 Å². The highest BCUT2D eigenvalue weighted by molar-refractivity contribution is 9.09. The molecule has 0 saturated carbocycles. The lowest BCUT2D eigenvalue weighted by Crippen LogP contribution is -2.50. The molecule has 1 atom stereocenters. The van der Waals surface area contributed by atoms with E-state index in [2.05, 4.69) is 15.9 Å². The Morgan fingerprint density at radius 2 is 2.56 bits per heavy atom. The summed E-state index contributed by atoms with van der Waals surface area (Å²) in [5.74, 6) is 0.204. The number of morpholine rings is 1. The predicted molar refractivity (Wildman–Crippen MR) is 68.1 cm³/mol. The molecule has 0 bridgehead atoms. The van der Waals surface area contributed by atoms with Gasteiger partial charge in [0.25, 0.3) is 0 Å². The topological polar surface area (TPSA) is 29.5 Å². The average Bonchev–Trinajstić information content (AvgIpc) is 2.81. The van der Waals surface area contributed by atoms with Crippen LogP contribution in [0.15, 0.2) is 17.5 Å². The molecule has 5 heteroatoms. The zero-order valence-electron chi connectivity index (χ0n) is 8.89. The highest BCUT2D eigenvalue weighted by atomic mass is 79.9. The highest BCUT2D eigenvalue weighted by Crippen LogP contribution is 2.15. The molecule has 2 heterocycles. The van der Waals surface area contributed by atoms with Crippen molar-refractivity contribution in [1.82, 2.24) is 4.90 Å². The van der Waals surface area contributed by atoms with E-state index in [0.29, 0.717) is 26.2 Å². The summed E-state index contributed by atoms with van der Waals surface area (Å²) in [5.41, 5.74) is 0. The van der Waals surface area contributed by atoms with Crippen LogP contribution < -0.4 is 0 Å². The van der Waals surface area contributed by atoms with Gasteiger partial charge in [-0.05, 0) is 11.4 Å². The molecule has 1 aromatic heterocycles. The first-order chi connectivity index (χ1) is 7.81. The number of carbonyl (C=O) groups excluding carboxylic acids is 1. The minimum absolute atomic E-state index is 0.182. The molecule has 1 aromatic rings. The molecule has 1 aliphatic heterocycles. The molecular weight excluding hydrogens is 290 g/mol. The number of nitrogens with zero attached hydrogens (tertiary/aromatic N) is 1. The fourth-order valence-corrected chi connectivity index (χ4v) is 3.01. The maximum absolute atomic E-state index is 12.1. The van der Waals surface area contributed by atoms with Crippen LogP contribution in [0.25, 0.3) is 0 Å². The van der Waals surface area contributed by atoms with Crippen molar-refractivity contribution in [1.29, 1.82) is 0 Å². The van der Waals surface area contributed by atoms with E-state index in [9.17, 15) is 4.79 Å². The van der Waals surface area contributed by atoms with Crippen molar-refractivity contribution in [2.24, 2.45) is 0 Å².